The number of morpholine rings is 1. The topological polar surface area (TPSA) is 112 Å². The number of hydrogen-bond donors (Lipinski definition) is 2. The van der Waals surface area contributed by atoms with Crippen molar-refractivity contribution in [2.24, 2.45) is 0 Å². The van der Waals surface area contributed by atoms with Crippen LogP contribution in [0, 0.1) is 20.8 Å². The molecule has 1 amide bonds. The zero-order valence-corrected chi connectivity index (χ0v) is 21.9. The quantitative estimate of drug-likeness (QED) is 0.243. The number of aromatic nitrogens is 1. The largest absolute Gasteiger partial charge is 0.507 e. The Labute approximate surface area is 217 Å². The van der Waals surface area contributed by atoms with Crippen LogP contribution in [-0.2, 0) is 19.1 Å². The van der Waals surface area contributed by atoms with Crippen LogP contribution in [0.15, 0.2) is 29.8 Å². The Bertz CT molecular complexity index is 1210. The number of nitrogens with zero attached hydrogens (tertiary/aromatic N) is 2. The number of ketones is 1. The summed E-state index contributed by atoms with van der Waals surface area (Å²) in [5.41, 5.74) is 3.35. The van der Waals surface area contributed by atoms with Crippen molar-refractivity contribution in [1.29, 1.82) is 0 Å². The molecule has 1 aromatic carbocycles. The second-order valence-electron chi connectivity index (χ2n) is 9.56. The Morgan fingerprint density at radius 2 is 1.78 bits per heavy atom. The molecule has 4 rings (SSSR count). The lowest BCUT2D eigenvalue weighted by Gasteiger charge is -2.29. The van der Waals surface area contributed by atoms with Gasteiger partial charge in [-0.25, -0.2) is 4.79 Å². The number of nitrogens with one attached hydrogen (secondary N) is 1. The fourth-order valence-electron chi connectivity index (χ4n) is 5.14. The molecule has 9 heteroatoms. The minimum absolute atomic E-state index is 0.0286. The van der Waals surface area contributed by atoms with E-state index in [-0.39, 0.29) is 23.6 Å². The fourth-order valence-corrected chi connectivity index (χ4v) is 5.14. The highest BCUT2D eigenvalue weighted by Gasteiger charge is 2.46. The number of carbonyl (C=O) groups excluding carboxylic acids is 3. The summed E-state index contributed by atoms with van der Waals surface area (Å²) in [6.45, 7) is 11.5. The second-order valence-corrected chi connectivity index (χ2v) is 9.56. The van der Waals surface area contributed by atoms with Crippen LogP contribution in [0.5, 0.6) is 0 Å². The lowest BCUT2D eigenvalue weighted by atomic mass is 9.93. The molecule has 3 heterocycles. The molecule has 1 aromatic heterocycles. The molecule has 0 bridgehead atoms. The van der Waals surface area contributed by atoms with E-state index in [0.717, 1.165) is 30.8 Å². The Morgan fingerprint density at radius 1 is 1.11 bits per heavy atom. The number of aromatic amines is 1. The van der Waals surface area contributed by atoms with Gasteiger partial charge in [0.1, 0.15) is 11.5 Å². The highest BCUT2D eigenvalue weighted by Crippen LogP contribution is 2.41. The van der Waals surface area contributed by atoms with Crippen molar-refractivity contribution in [2.75, 3.05) is 46.0 Å². The highest BCUT2D eigenvalue weighted by molar-refractivity contribution is 6.46. The Hall–Kier alpha value is -3.43. The molecule has 2 saturated heterocycles. The van der Waals surface area contributed by atoms with Crippen molar-refractivity contribution < 1.29 is 29.0 Å². The van der Waals surface area contributed by atoms with Gasteiger partial charge in [-0.1, -0.05) is 29.8 Å². The summed E-state index contributed by atoms with van der Waals surface area (Å²) in [6, 6.07) is 6.89. The number of hydrogen-bond acceptors (Lipinski definition) is 7. The average molecular weight is 510 g/mol. The first-order chi connectivity index (χ1) is 17.7. The molecule has 0 saturated carbocycles. The molecule has 2 aliphatic rings. The maximum absolute atomic E-state index is 13.4. The summed E-state index contributed by atoms with van der Waals surface area (Å²) < 4.78 is 10.5. The van der Waals surface area contributed by atoms with E-state index in [1.165, 1.54) is 0 Å². The van der Waals surface area contributed by atoms with E-state index in [4.69, 9.17) is 9.47 Å². The van der Waals surface area contributed by atoms with E-state index < -0.39 is 23.7 Å². The predicted octanol–water partition coefficient (Wildman–Crippen LogP) is 3.26. The van der Waals surface area contributed by atoms with Crippen LogP contribution < -0.4 is 0 Å². The predicted molar refractivity (Wildman–Crippen MR) is 138 cm³/mol. The van der Waals surface area contributed by atoms with Crippen LogP contribution in [0.1, 0.15) is 57.8 Å². The molecule has 0 aliphatic carbocycles. The van der Waals surface area contributed by atoms with E-state index in [2.05, 4.69) is 9.88 Å². The SMILES string of the molecule is CCOC(=O)c1[nH]c(C)c(C(O)=C2C(=O)C(=O)N(CCCN3CCOCC3)[C@@H]2c2ccc(C)cc2)c1C. The van der Waals surface area contributed by atoms with Crippen molar-refractivity contribution in [3.63, 3.8) is 0 Å². The molecule has 2 aliphatic heterocycles. The first-order valence-electron chi connectivity index (χ1n) is 12.8. The van der Waals surface area contributed by atoms with Crippen LogP contribution >= 0.6 is 0 Å². The third kappa shape index (κ3) is 5.33. The number of likely N-dealkylation sites (tertiary alicyclic amines) is 1. The number of amides is 1. The molecule has 2 aromatic rings. The van der Waals surface area contributed by atoms with Crippen LogP contribution in [0.3, 0.4) is 0 Å². The summed E-state index contributed by atoms with van der Waals surface area (Å²) in [5.74, 6) is -2.19. The number of benzene rings is 1. The summed E-state index contributed by atoms with van der Waals surface area (Å²) in [4.78, 5) is 45.9. The normalized spacial score (nSPS) is 20.0. The number of aliphatic hydroxyl groups is 1. The van der Waals surface area contributed by atoms with Crippen molar-refractivity contribution in [3.05, 3.63) is 63.5 Å². The van der Waals surface area contributed by atoms with Gasteiger partial charge in [-0.3, -0.25) is 14.5 Å². The molecule has 0 unspecified atom stereocenters. The molecule has 2 N–H and O–H groups in total. The highest BCUT2D eigenvalue weighted by atomic mass is 16.5. The average Bonchev–Trinajstić information content (AvgIpc) is 3.32. The second kappa shape index (κ2) is 11.3. The number of carbonyl (C=O) groups is 3. The van der Waals surface area contributed by atoms with E-state index in [1.54, 1.807) is 25.7 Å². The summed E-state index contributed by atoms with van der Waals surface area (Å²) >= 11 is 0. The smallest absolute Gasteiger partial charge is 0.355 e. The summed E-state index contributed by atoms with van der Waals surface area (Å²) in [6.07, 6.45) is 0.685. The van der Waals surface area contributed by atoms with Gasteiger partial charge in [-0.05, 0) is 45.2 Å². The lowest BCUT2D eigenvalue weighted by molar-refractivity contribution is -0.140. The maximum atomic E-state index is 13.4. The first kappa shape index (κ1) is 26.6. The monoisotopic (exact) mass is 509 g/mol. The van der Waals surface area contributed by atoms with Crippen molar-refractivity contribution in [2.45, 2.75) is 40.2 Å². The third-order valence-corrected chi connectivity index (χ3v) is 7.06. The van der Waals surface area contributed by atoms with E-state index >= 15 is 0 Å². The van der Waals surface area contributed by atoms with Gasteiger partial charge in [-0.15, -0.1) is 0 Å². The Balaban J connectivity index is 1.73. The lowest BCUT2D eigenvalue weighted by Crippen LogP contribution is -2.38. The molecule has 1 atom stereocenters. The molecule has 37 heavy (non-hydrogen) atoms. The third-order valence-electron chi connectivity index (χ3n) is 7.06. The summed E-state index contributed by atoms with van der Waals surface area (Å²) in [5, 5.41) is 11.5. The van der Waals surface area contributed by atoms with Crippen molar-refractivity contribution in [3.8, 4) is 0 Å². The number of aryl methyl sites for hydroxylation is 2. The van der Waals surface area contributed by atoms with Crippen molar-refractivity contribution >= 4 is 23.4 Å². The number of Topliss-reactive ketones (excluding diaryl/α,β-unsaturated/α-hetero) is 1. The fraction of sp³-hybridized carbons (Fsp3) is 0.464. The molecule has 2 fully saturated rings. The molecule has 9 nitrogen and oxygen atoms in total. The van der Waals surface area contributed by atoms with E-state index in [0.29, 0.717) is 43.0 Å². The van der Waals surface area contributed by atoms with Crippen LogP contribution in [0.4, 0.5) is 0 Å². The molecular weight excluding hydrogens is 474 g/mol. The summed E-state index contributed by atoms with van der Waals surface area (Å²) in [7, 11) is 0. The van der Waals surface area contributed by atoms with Crippen molar-refractivity contribution in [1.82, 2.24) is 14.8 Å². The van der Waals surface area contributed by atoms with Crippen LogP contribution in [0.25, 0.3) is 5.76 Å². The zero-order chi connectivity index (χ0) is 26.7. The minimum Gasteiger partial charge on any atom is -0.507 e. The molecular formula is C28H35N3O6. The number of H-pyrrole nitrogens is 1. The first-order valence-corrected chi connectivity index (χ1v) is 12.8. The molecule has 198 valence electrons. The van der Waals surface area contributed by atoms with Crippen LogP contribution in [-0.4, -0.2) is 83.5 Å². The number of aliphatic hydroxyl groups excluding tert-OH is 1. The van der Waals surface area contributed by atoms with Gasteiger partial charge in [0.05, 0.1) is 31.4 Å². The van der Waals surface area contributed by atoms with Gasteiger partial charge >= 0.3 is 5.97 Å². The number of esters is 1. The van der Waals surface area contributed by atoms with Gasteiger partial charge < -0.3 is 24.5 Å². The zero-order valence-electron chi connectivity index (χ0n) is 21.9. The molecule has 0 radical (unpaired) electrons. The Kier molecular flexibility index (Phi) is 8.14. The van der Waals surface area contributed by atoms with Gasteiger partial charge in [-0.2, -0.15) is 0 Å². The van der Waals surface area contributed by atoms with E-state index in [1.807, 2.05) is 31.2 Å². The standard InChI is InChI=1S/C28H35N3O6/c1-5-37-28(35)23-18(3)21(19(4)29-23)25(32)22-24(20-9-7-17(2)8-10-20)31(27(34)26(22)33)12-6-11-30-13-15-36-16-14-30/h7-10,24,29,32H,5-6,11-16H2,1-4H3/t24-/m1/s1. The van der Waals surface area contributed by atoms with E-state index in [9.17, 15) is 19.5 Å². The van der Waals surface area contributed by atoms with Gasteiger partial charge in [0.2, 0.25) is 0 Å². The van der Waals surface area contributed by atoms with Crippen LogP contribution in [0.2, 0.25) is 0 Å². The van der Waals surface area contributed by atoms with Gasteiger partial charge in [0.25, 0.3) is 11.7 Å². The minimum atomic E-state index is -0.731. The number of rotatable bonds is 8. The Morgan fingerprint density at radius 3 is 2.43 bits per heavy atom. The maximum Gasteiger partial charge on any atom is 0.355 e. The molecule has 0 spiro atoms. The van der Waals surface area contributed by atoms with Gasteiger partial charge in [0.15, 0.2) is 0 Å². The number of ether oxygens (including phenoxy) is 2. The van der Waals surface area contributed by atoms with Gasteiger partial charge in [0, 0.05) is 37.4 Å².